The number of rotatable bonds is 13. The Labute approximate surface area is 275 Å². The van der Waals surface area contributed by atoms with Crippen LogP contribution < -0.4 is 36.5 Å². The van der Waals surface area contributed by atoms with Crippen molar-refractivity contribution in [3.63, 3.8) is 0 Å². The number of nitrogens with one attached hydrogen (secondary N) is 4. The Balaban J connectivity index is 1.50. The van der Waals surface area contributed by atoms with Crippen molar-refractivity contribution in [1.29, 1.82) is 0 Å². The second-order valence-corrected chi connectivity index (χ2v) is 11.9. The van der Waals surface area contributed by atoms with Crippen molar-refractivity contribution >= 4 is 35.3 Å². The Morgan fingerprint density at radius 3 is 2.10 bits per heavy atom. The van der Waals surface area contributed by atoms with E-state index in [1.54, 1.807) is 13.8 Å². The topological polar surface area (TPSA) is 182 Å². The molecule has 19 heteroatoms. The summed E-state index contributed by atoms with van der Waals surface area (Å²) in [4.78, 5) is 47.0. The third kappa shape index (κ3) is 10.1. The highest BCUT2D eigenvalue weighted by Crippen LogP contribution is 2.50. The number of methoxy groups -OCH3 is 1. The normalized spacial score (nSPS) is 14.0. The molecule has 0 atom stereocenters. The molecule has 1 heterocycles. The minimum absolute atomic E-state index is 0.0607. The number of halogens is 6. The van der Waals surface area contributed by atoms with Crippen LogP contribution in [-0.2, 0) is 21.3 Å². The molecule has 0 aliphatic heterocycles. The largest absolute Gasteiger partial charge is 0.496 e. The molecule has 1 aliphatic carbocycles. The number of carbonyl (C=O) groups excluding carboxylic acids is 3. The Kier molecular flexibility index (Phi) is 10.4. The van der Waals surface area contributed by atoms with Gasteiger partial charge in [-0.3, -0.25) is 14.4 Å². The van der Waals surface area contributed by atoms with E-state index in [0.717, 1.165) is 13.2 Å². The SMILES string of the molecule is COc1ccc(C2(Nc3nc(Nc4ccc(C(=O)NCC(C)(C)CNC(=O)C(N)=O)cc4)nc(OCC(F)(F)F)n3)CC2)cc1C(F)(F)F. The molecule has 0 unspecified atom stereocenters. The minimum atomic E-state index is -4.72. The number of amides is 3. The second-order valence-electron chi connectivity index (χ2n) is 11.9. The van der Waals surface area contributed by atoms with Crippen LogP contribution in [0.3, 0.4) is 0 Å². The third-order valence-electron chi connectivity index (χ3n) is 7.22. The lowest BCUT2D eigenvalue weighted by atomic mass is 9.93. The predicted octanol–water partition coefficient (Wildman–Crippen LogP) is 4.04. The van der Waals surface area contributed by atoms with Gasteiger partial charge in [-0.2, -0.15) is 41.3 Å². The van der Waals surface area contributed by atoms with E-state index in [0.29, 0.717) is 18.5 Å². The van der Waals surface area contributed by atoms with E-state index in [9.17, 15) is 40.7 Å². The lowest BCUT2D eigenvalue weighted by Gasteiger charge is -2.25. The molecular weight excluding hydrogens is 666 g/mol. The molecule has 1 fully saturated rings. The van der Waals surface area contributed by atoms with Gasteiger partial charge in [0.05, 0.1) is 18.2 Å². The molecule has 3 aromatic rings. The Bertz CT molecular complexity index is 1700. The van der Waals surface area contributed by atoms with Crippen LogP contribution in [-0.4, -0.2) is 65.7 Å². The van der Waals surface area contributed by atoms with Gasteiger partial charge < -0.3 is 36.5 Å². The smallest absolute Gasteiger partial charge is 0.422 e. The fraction of sp³-hybridized carbons (Fsp3) is 0.400. The summed E-state index contributed by atoms with van der Waals surface area (Å²) in [5, 5.41) is 10.8. The van der Waals surface area contributed by atoms with Gasteiger partial charge in [0, 0.05) is 24.3 Å². The molecule has 0 radical (unpaired) electrons. The average molecular weight is 699 g/mol. The first kappa shape index (κ1) is 36.5. The van der Waals surface area contributed by atoms with Gasteiger partial charge in [-0.25, -0.2) is 0 Å². The molecule has 0 bridgehead atoms. The average Bonchev–Trinajstić information content (AvgIpc) is 3.81. The maximum atomic E-state index is 13.7. The number of benzene rings is 2. The highest BCUT2D eigenvalue weighted by molar-refractivity contribution is 6.34. The maximum absolute atomic E-state index is 13.7. The summed E-state index contributed by atoms with van der Waals surface area (Å²) < 4.78 is 89.4. The van der Waals surface area contributed by atoms with Crippen LogP contribution in [0.1, 0.15) is 48.2 Å². The van der Waals surface area contributed by atoms with Gasteiger partial charge in [-0.15, -0.1) is 0 Å². The zero-order valence-electron chi connectivity index (χ0n) is 26.3. The molecule has 49 heavy (non-hydrogen) atoms. The molecule has 1 aromatic heterocycles. The summed E-state index contributed by atoms with van der Waals surface area (Å²) in [5.74, 6) is -3.44. The van der Waals surface area contributed by atoms with Crippen molar-refractivity contribution < 1.29 is 50.2 Å². The van der Waals surface area contributed by atoms with Gasteiger partial charge in [0.1, 0.15) is 5.75 Å². The lowest BCUT2D eigenvalue weighted by Crippen LogP contribution is -2.45. The number of nitrogens with zero attached hydrogens (tertiary/aromatic N) is 3. The molecule has 4 rings (SSSR count). The maximum Gasteiger partial charge on any atom is 0.422 e. The highest BCUT2D eigenvalue weighted by atomic mass is 19.4. The third-order valence-corrected chi connectivity index (χ3v) is 7.22. The number of anilines is 3. The van der Waals surface area contributed by atoms with E-state index in [-0.39, 0.29) is 41.9 Å². The second kappa shape index (κ2) is 14.0. The molecule has 264 valence electrons. The number of ether oxygens (including phenoxy) is 2. The van der Waals surface area contributed by atoms with Crippen molar-refractivity contribution in [3.8, 4) is 11.8 Å². The fourth-order valence-corrected chi connectivity index (χ4v) is 4.46. The van der Waals surface area contributed by atoms with Crippen LogP contribution in [0, 0.1) is 5.41 Å². The van der Waals surface area contributed by atoms with Gasteiger partial charge in [0.15, 0.2) is 6.61 Å². The molecule has 0 spiro atoms. The summed E-state index contributed by atoms with van der Waals surface area (Å²) >= 11 is 0. The van der Waals surface area contributed by atoms with Crippen molar-refractivity contribution in [2.45, 2.75) is 44.6 Å². The van der Waals surface area contributed by atoms with E-state index in [1.165, 1.54) is 36.4 Å². The van der Waals surface area contributed by atoms with Crippen LogP contribution in [0.25, 0.3) is 0 Å². The first-order valence-corrected chi connectivity index (χ1v) is 14.5. The number of nitrogens with two attached hydrogens (primary N) is 1. The summed E-state index contributed by atoms with van der Waals surface area (Å²) in [6.07, 6.45) is -8.69. The number of aromatic nitrogens is 3. The van der Waals surface area contributed by atoms with Gasteiger partial charge in [0.2, 0.25) is 11.9 Å². The van der Waals surface area contributed by atoms with Crippen LogP contribution in [0.2, 0.25) is 0 Å². The van der Waals surface area contributed by atoms with Crippen LogP contribution in [0.5, 0.6) is 11.8 Å². The Hall–Kier alpha value is -5.36. The highest BCUT2D eigenvalue weighted by Gasteiger charge is 2.47. The van der Waals surface area contributed by atoms with Gasteiger partial charge >= 0.3 is 30.2 Å². The van der Waals surface area contributed by atoms with E-state index < -0.39 is 59.2 Å². The predicted molar refractivity (Wildman–Crippen MR) is 162 cm³/mol. The Morgan fingerprint density at radius 2 is 1.53 bits per heavy atom. The van der Waals surface area contributed by atoms with Crippen molar-refractivity contribution in [2.75, 3.05) is 37.4 Å². The molecular formula is C30H32F6N8O5. The standard InChI is InChI=1S/C30H32F6N8O5/c1-27(2,14-39-23(47)21(37)45)13-38-22(46)16-4-7-18(8-5-16)40-24-41-25(43-26(42-24)49-15-29(31,32)33)44-28(10-11-28)17-6-9-20(48-3)19(12-17)30(34,35)36/h4-9,12H,10-11,13-15H2,1-3H3,(H2,37,45)(H,38,46)(H,39,47)(H2,40,41,42,43,44). The van der Waals surface area contributed by atoms with Gasteiger partial charge in [0.25, 0.3) is 5.91 Å². The van der Waals surface area contributed by atoms with E-state index in [4.69, 9.17) is 15.2 Å². The minimum Gasteiger partial charge on any atom is -0.496 e. The zero-order valence-corrected chi connectivity index (χ0v) is 26.3. The van der Waals surface area contributed by atoms with Crippen LogP contribution in [0.4, 0.5) is 43.9 Å². The van der Waals surface area contributed by atoms with Gasteiger partial charge in [-0.1, -0.05) is 19.9 Å². The van der Waals surface area contributed by atoms with Crippen molar-refractivity contribution in [2.24, 2.45) is 11.1 Å². The number of hydrogen-bond acceptors (Lipinski definition) is 10. The molecule has 0 saturated heterocycles. The van der Waals surface area contributed by atoms with Crippen LogP contribution in [0.15, 0.2) is 42.5 Å². The quantitative estimate of drug-likeness (QED) is 0.129. The summed E-state index contributed by atoms with van der Waals surface area (Å²) in [5.41, 5.74) is 3.03. The number of primary amides is 1. The van der Waals surface area contributed by atoms with E-state index in [2.05, 4.69) is 36.2 Å². The molecule has 2 aromatic carbocycles. The number of hydrogen-bond donors (Lipinski definition) is 5. The van der Waals surface area contributed by atoms with Crippen molar-refractivity contribution in [1.82, 2.24) is 25.6 Å². The van der Waals surface area contributed by atoms with E-state index >= 15 is 0 Å². The summed E-state index contributed by atoms with van der Waals surface area (Å²) in [6, 6.07) is 8.68. The summed E-state index contributed by atoms with van der Waals surface area (Å²) in [7, 11) is 1.11. The van der Waals surface area contributed by atoms with Crippen LogP contribution >= 0.6 is 0 Å². The fourth-order valence-electron chi connectivity index (χ4n) is 4.46. The first-order chi connectivity index (χ1) is 22.8. The molecule has 13 nitrogen and oxygen atoms in total. The number of carbonyl (C=O) groups is 3. The molecule has 3 amide bonds. The van der Waals surface area contributed by atoms with Crippen molar-refractivity contribution in [3.05, 3.63) is 59.2 Å². The van der Waals surface area contributed by atoms with Gasteiger partial charge in [-0.05, 0) is 60.2 Å². The molecule has 1 saturated carbocycles. The lowest BCUT2D eigenvalue weighted by molar-refractivity contribution is -0.154. The molecule has 6 N–H and O–H groups in total. The van der Waals surface area contributed by atoms with E-state index in [1.807, 2.05) is 0 Å². The summed E-state index contributed by atoms with van der Waals surface area (Å²) in [6.45, 7) is 1.96. The zero-order chi connectivity index (χ0) is 36.2. The Morgan fingerprint density at radius 1 is 0.898 bits per heavy atom. The molecule has 1 aliphatic rings. The first-order valence-electron chi connectivity index (χ1n) is 14.5. The monoisotopic (exact) mass is 698 g/mol. The number of alkyl halides is 6.